The third kappa shape index (κ3) is 2.04. The minimum absolute atomic E-state index is 0.0738. The lowest BCUT2D eigenvalue weighted by Crippen LogP contribution is -2.05. The molecule has 16 heavy (non-hydrogen) atoms. The molecule has 1 aromatic rings. The first-order chi connectivity index (χ1) is 7.61. The Morgan fingerprint density at radius 1 is 1.62 bits per heavy atom. The molecule has 0 saturated heterocycles. The zero-order valence-electron chi connectivity index (χ0n) is 8.79. The van der Waals surface area contributed by atoms with Gasteiger partial charge in [0, 0.05) is 7.11 Å². The highest BCUT2D eigenvalue weighted by Gasteiger charge is 2.22. The summed E-state index contributed by atoms with van der Waals surface area (Å²) >= 11 is 6.02. The van der Waals surface area contributed by atoms with Gasteiger partial charge >= 0.3 is 0 Å². The second-order valence-corrected chi connectivity index (χ2v) is 4.14. The van der Waals surface area contributed by atoms with Crippen LogP contribution in [0.2, 0.25) is 5.02 Å². The van der Waals surface area contributed by atoms with Gasteiger partial charge in [0.1, 0.15) is 6.10 Å². The average Bonchev–Trinajstić information content (AvgIpc) is 2.59. The number of hydrogen-bond donors (Lipinski definition) is 2. The zero-order chi connectivity index (χ0) is 11.7. The number of carbonyl (C=O) groups excluding carboxylic acids is 1. The molecule has 1 amide bonds. The molecule has 0 saturated carbocycles. The molecule has 0 spiro atoms. The molecule has 0 aromatic heterocycles. The number of halogens is 1. The highest BCUT2D eigenvalue weighted by molar-refractivity contribution is 6.34. The van der Waals surface area contributed by atoms with Crippen molar-refractivity contribution in [2.45, 2.75) is 12.5 Å². The summed E-state index contributed by atoms with van der Waals surface area (Å²) < 4.78 is 4.86. The molecule has 1 atom stereocenters. The number of amides is 1. The lowest BCUT2D eigenvalue weighted by Gasteiger charge is -2.12. The molecule has 1 heterocycles. The van der Waals surface area contributed by atoms with Crippen LogP contribution in [-0.4, -0.2) is 24.7 Å². The van der Waals surface area contributed by atoms with Crippen LogP contribution in [0, 0.1) is 0 Å². The van der Waals surface area contributed by atoms with Gasteiger partial charge in [-0.05, 0) is 17.2 Å². The average molecular weight is 242 g/mol. The van der Waals surface area contributed by atoms with Gasteiger partial charge in [0.15, 0.2) is 0 Å². The third-order valence-corrected chi connectivity index (χ3v) is 2.82. The fourth-order valence-corrected chi connectivity index (χ4v) is 2.06. The Morgan fingerprint density at radius 3 is 3.06 bits per heavy atom. The summed E-state index contributed by atoms with van der Waals surface area (Å²) in [5, 5.41) is 12.9. The Balaban J connectivity index is 2.34. The molecule has 2 rings (SSSR count). The maximum atomic E-state index is 11.2. The fourth-order valence-electron chi connectivity index (χ4n) is 1.77. The predicted octanol–water partition coefficient (Wildman–Crippen LogP) is 1.51. The van der Waals surface area contributed by atoms with Crippen LogP contribution in [0.1, 0.15) is 17.2 Å². The molecule has 0 aliphatic carbocycles. The summed E-state index contributed by atoms with van der Waals surface area (Å²) in [6, 6.07) is 3.43. The van der Waals surface area contributed by atoms with Crippen molar-refractivity contribution in [3.05, 3.63) is 28.3 Å². The van der Waals surface area contributed by atoms with E-state index in [9.17, 15) is 9.90 Å². The van der Waals surface area contributed by atoms with Gasteiger partial charge in [-0.15, -0.1) is 0 Å². The van der Waals surface area contributed by atoms with E-state index in [1.807, 2.05) is 0 Å². The molecule has 1 aromatic carbocycles. The number of aliphatic hydroxyl groups is 1. The number of benzene rings is 1. The normalized spacial score (nSPS) is 15.8. The van der Waals surface area contributed by atoms with Crippen molar-refractivity contribution in [1.29, 1.82) is 0 Å². The summed E-state index contributed by atoms with van der Waals surface area (Å²) in [6.45, 7) is 0.205. The first-order valence-electron chi connectivity index (χ1n) is 4.91. The number of hydrogen-bond acceptors (Lipinski definition) is 3. The molecule has 0 fully saturated rings. The number of aliphatic hydroxyl groups excluding tert-OH is 1. The first kappa shape index (κ1) is 11.4. The molecule has 86 valence electrons. The number of carbonyl (C=O) groups is 1. The third-order valence-electron chi connectivity index (χ3n) is 2.52. The van der Waals surface area contributed by atoms with Crippen LogP contribution in [0.4, 0.5) is 5.69 Å². The number of fused-ring (bicyclic) bond motifs is 1. The second-order valence-electron chi connectivity index (χ2n) is 3.73. The standard InChI is InChI=1S/C11H12ClNO3/c1-16-5-9(14)6-2-7-4-10(15)13-11(7)8(12)3-6/h2-3,9,14H,4-5H2,1H3,(H,13,15). The van der Waals surface area contributed by atoms with Gasteiger partial charge in [-0.2, -0.15) is 0 Å². The largest absolute Gasteiger partial charge is 0.386 e. The molecule has 0 bridgehead atoms. The van der Waals surface area contributed by atoms with E-state index in [0.29, 0.717) is 22.7 Å². The van der Waals surface area contributed by atoms with Crippen molar-refractivity contribution in [2.24, 2.45) is 0 Å². The van der Waals surface area contributed by atoms with Gasteiger partial charge < -0.3 is 15.2 Å². The van der Waals surface area contributed by atoms with E-state index in [-0.39, 0.29) is 12.5 Å². The van der Waals surface area contributed by atoms with E-state index in [0.717, 1.165) is 5.56 Å². The lowest BCUT2D eigenvalue weighted by atomic mass is 10.0. The molecule has 1 aliphatic rings. The zero-order valence-corrected chi connectivity index (χ0v) is 9.54. The van der Waals surface area contributed by atoms with Gasteiger partial charge in [-0.3, -0.25) is 4.79 Å². The minimum Gasteiger partial charge on any atom is -0.386 e. The van der Waals surface area contributed by atoms with Crippen LogP contribution < -0.4 is 5.32 Å². The Hall–Kier alpha value is -1.10. The van der Waals surface area contributed by atoms with Gasteiger partial charge in [-0.1, -0.05) is 17.7 Å². The van der Waals surface area contributed by atoms with Gasteiger partial charge in [0.25, 0.3) is 0 Å². The van der Waals surface area contributed by atoms with Crippen molar-refractivity contribution >= 4 is 23.2 Å². The van der Waals surface area contributed by atoms with Crippen molar-refractivity contribution in [3.8, 4) is 0 Å². The van der Waals surface area contributed by atoms with Gasteiger partial charge in [0.2, 0.25) is 5.91 Å². The van der Waals surface area contributed by atoms with E-state index in [1.54, 1.807) is 12.1 Å². The summed E-state index contributed by atoms with van der Waals surface area (Å²) in [5.74, 6) is -0.0738. The molecule has 1 unspecified atom stereocenters. The van der Waals surface area contributed by atoms with Crippen LogP contribution in [0.25, 0.3) is 0 Å². The topological polar surface area (TPSA) is 58.6 Å². The lowest BCUT2D eigenvalue weighted by molar-refractivity contribution is -0.115. The van der Waals surface area contributed by atoms with E-state index >= 15 is 0 Å². The van der Waals surface area contributed by atoms with Gasteiger partial charge in [0.05, 0.1) is 23.7 Å². The van der Waals surface area contributed by atoms with Crippen LogP contribution >= 0.6 is 11.6 Å². The Bertz CT molecular complexity index is 433. The molecule has 5 heteroatoms. The molecule has 1 aliphatic heterocycles. The second kappa shape index (κ2) is 4.41. The monoisotopic (exact) mass is 241 g/mol. The number of methoxy groups -OCH3 is 1. The highest BCUT2D eigenvalue weighted by Crippen LogP contribution is 2.34. The van der Waals surface area contributed by atoms with E-state index in [2.05, 4.69) is 5.32 Å². The highest BCUT2D eigenvalue weighted by atomic mass is 35.5. The summed E-state index contributed by atoms with van der Waals surface area (Å²) in [5.41, 5.74) is 2.14. The quantitative estimate of drug-likeness (QED) is 0.844. The van der Waals surface area contributed by atoms with E-state index in [4.69, 9.17) is 16.3 Å². The maximum absolute atomic E-state index is 11.2. The molecule has 0 radical (unpaired) electrons. The maximum Gasteiger partial charge on any atom is 0.228 e. The van der Waals surface area contributed by atoms with Crippen molar-refractivity contribution in [1.82, 2.24) is 0 Å². The molecule has 2 N–H and O–H groups in total. The van der Waals surface area contributed by atoms with E-state index in [1.165, 1.54) is 7.11 Å². The smallest absolute Gasteiger partial charge is 0.228 e. The molecule has 4 nitrogen and oxygen atoms in total. The molecular weight excluding hydrogens is 230 g/mol. The Morgan fingerprint density at radius 2 is 2.38 bits per heavy atom. The fraction of sp³-hybridized carbons (Fsp3) is 0.364. The number of ether oxygens (including phenoxy) is 1. The van der Waals surface area contributed by atoms with Crippen LogP contribution in [0.5, 0.6) is 0 Å². The number of rotatable bonds is 3. The number of anilines is 1. The SMILES string of the molecule is COCC(O)c1cc(Cl)c2c(c1)CC(=O)N2. The predicted molar refractivity (Wildman–Crippen MR) is 60.6 cm³/mol. The molecular formula is C11H12ClNO3. The number of nitrogens with one attached hydrogen (secondary N) is 1. The van der Waals surface area contributed by atoms with Crippen LogP contribution in [0.15, 0.2) is 12.1 Å². The Labute approximate surface area is 98.2 Å². The first-order valence-corrected chi connectivity index (χ1v) is 5.28. The van der Waals surface area contributed by atoms with Crippen molar-refractivity contribution in [3.63, 3.8) is 0 Å². The summed E-state index contributed by atoms with van der Waals surface area (Å²) in [6.07, 6.45) is -0.411. The van der Waals surface area contributed by atoms with E-state index < -0.39 is 6.10 Å². The summed E-state index contributed by atoms with van der Waals surface area (Å²) in [4.78, 5) is 11.2. The minimum atomic E-state index is -0.719. The Kier molecular flexibility index (Phi) is 3.14. The van der Waals surface area contributed by atoms with Crippen LogP contribution in [0.3, 0.4) is 0 Å². The van der Waals surface area contributed by atoms with Crippen molar-refractivity contribution < 1.29 is 14.6 Å². The van der Waals surface area contributed by atoms with Crippen LogP contribution in [-0.2, 0) is 16.0 Å². The van der Waals surface area contributed by atoms with Gasteiger partial charge in [-0.25, -0.2) is 0 Å². The summed E-state index contributed by atoms with van der Waals surface area (Å²) in [7, 11) is 1.52. The van der Waals surface area contributed by atoms with Crippen molar-refractivity contribution in [2.75, 3.05) is 19.0 Å².